The third kappa shape index (κ3) is 2.75. The molecule has 0 saturated carbocycles. The lowest BCUT2D eigenvalue weighted by Crippen LogP contribution is -2.26. The van der Waals surface area contributed by atoms with Crippen molar-refractivity contribution >= 4 is 29.1 Å². The predicted molar refractivity (Wildman–Crippen MR) is 74.2 cm³/mol. The summed E-state index contributed by atoms with van der Waals surface area (Å²) in [6.07, 6.45) is 0.538. The van der Waals surface area contributed by atoms with E-state index in [4.69, 9.17) is 0 Å². The Morgan fingerprint density at radius 1 is 1.44 bits per heavy atom. The molecule has 0 fully saturated rings. The molecule has 0 spiro atoms. The van der Waals surface area contributed by atoms with Crippen molar-refractivity contribution in [2.45, 2.75) is 37.3 Å². The van der Waals surface area contributed by atoms with Crippen LogP contribution < -0.4 is 5.32 Å². The smallest absolute Gasteiger partial charge is 0.237 e. The van der Waals surface area contributed by atoms with E-state index in [0.717, 1.165) is 10.6 Å². The highest BCUT2D eigenvalue weighted by atomic mass is 32.2. The number of carbonyl (C=O) groups excluding carboxylic acids is 2. The van der Waals surface area contributed by atoms with Gasteiger partial charge in [0.05, 0.1) is 10.9 Å². The predicted octanol–water partition coefficient (Wildman–Crippen LogP) is 3.35. The van der Waals surface area contributed by atoms with E-state index < -0.39 is 0 Å². The van der Waals surface area contributed by atoms with Crippen LogP contribution in [0.15, 0.2) is 23.1 Å². The molecule has 1 atom stereocenters. The summed E-state index contributed by atoms with van der Waals surface area (Å²) in [5.41, 5.74) is 1.44. The normalized spacial score (nSPS) is 18.4. The highest BCUT2D eigenvalue weighted by Crippen LogP contribution is 2.36. The van der Waals surface area contributed by atoms with Crippen LogP contribution in [0, 0.1) is 5.92 Å². The Balaban J connectivity index is 2.25. The van der Waals surface area contributed by atoms with Crippen LogP contribution in [-0.2, 0) is 4.79 Å². The number of rotatable bonds is 3. The Morgan fingerprint density at radius 2 is 2.17 bits per heavy atom. The van der Waals surface area contributed by atoms with Gasteiger partial charge in [0.15, 0.2) is 5.78 Å². The molecule has 1 N–H and O–H groups in total. The van der Waals surface area contributed by atoms with Crippen LogP contribution in [0.5, 0.6) is 0 Å². The van der Waals surface area contributed by atoms with Crippen molar-refractivity contribution in [3.05, 3.63) is 23.8 Å². The Bertz CT molecular complexity index is 497. The van der Waals surface area contributed by atoms with E-state index in [1.165, 1.54) is 11.8 Å². The number of hydrogen-bond donors (Lipinski definition) is 1. The van der Waals surface area contributed by atoms with E-state index in [0.29, 0.717) is 17.9 Å². The highest BCUT2D eigenvalue weighted by Gasteiger charge is 2.23. The average Bonchev–Trinajstić information content (AvgIpc) is 2.29. The van der Waals surface area contributed by atoms with Gasteiger partial charge in [-0.05, 0) is 25.0 Å². The molecular formula is C14H17NO2S. The molecule has 4 heteroatoms. The molecule has 18 heavy (non-hydrogen) atoms. The molecule has 0 aromatic heterocycles. The van der Waals surface area contributed by atoms with Gasteiger partial charge in [-0.3, -0.25) is 9.59 Å². The van der Waals surface area contributed by atoms with Gasteiger partial charge in [0.2, 0.25) is 5.91 Å². The number of Topliss-reactive ketones (excluding diaryl/α,β-unsaturated/α-hetero) is 1. The zero-order chi connectivity index (χ0) is 13.3. The number of carbonyl (C=O) groups is 2. The Hall–Kier alpha value is -1.29. The first-order chi connectivity index (χ1) is 8.47. The fraction of sp³-hybridized carbons (Fsp3) is 0.429. The van der Waals surface area contributed by atoms with E-state index in [-0.39, 0.29) is 16.9 Å². The Kier molecular flexibility index (Phi) is 3.76. The number of benzene rings is 1. The first-order valence-electron chi connectivity index (χ1n) is 6.12. The lowest BCUT2D eigenvalue weighted by Gasteiger charge is -2.21. The van der Waals surface area contributed by atoms with E-state index in [9.17, 15) is 9.59 Å². The van der Waals surface area contributed by atoms with Crippen molar-refractivity contribution in [1.29, 1.82) is 0 Å². The minimum absolute atomic E-state index is 0.000888. The molecule has 0 radical (unpaired) electrons. The molecule has 1 heterocycles. The van der Waals surface area contributed by atoms with Crippen molar-refractivity contribution in [3.63, 3.8) is 0 Å². The minimum atomic E-state index is -0.0743. The molecular weight excluding hydrogens is 246 g/mol. The van der Waals surface area contributed by atoms with Crippen molar-refractivity contribution in [2.24, 2.45) is 5.92 Å². The molecule has 0 bridgehead atoms. The number of nitrogens with one attached hydrogen (secondary N) is 1. The molecule has 2 rings (SSSR count). The van der Waals surface area contributed by atoms with Gasteiger partial charge in [-0.15, -0.1) is 11.8 Å². The zero-order valence-corrected chi connectivity index (χ0v) is 11.6. The van der Waals surface area contributed by atoms with Gasteiger partial charge >= 0.3 is 0 Å². The van der Waals surface area contributed by atoms with Gasteiger partial charge in [0.1, 0.15) is 0 Å². The van der Waals surface area contributed by atoms with Crippen LogP contribution in [0.4, 0.5) is 5.69 Å². The number of hydrogen-bond acceptors (Lipinski definition) is 3. The van der Waals surface area contributed by atoms with Gasteiger partial charge in [0, 0.05) is 16.9 Å². The summed E-state index contributed by atoms with van der Waals surface area (Å²) in [7, 11) is 0. The molecule has 1 aromatic carbocycles. The second-order valence-electron chi connectivity index (χ2n) is 4.98. The second kappa shape index (κ2) is 5.14. The summed E-state index contributed by atoms with van der Waals surface area (Å²) in [6, 6.07) is 5.56. The summed E-state index contributed by atoms with van der Waals surface area (Å²) < 4.78 is 0. The maximum absolute atomic E-state index is 12.0. The standard InChI is InChI=1S/C14H17NO2S/c1-8(2)6-12(16)10-4-5-13-11(7-10)15-14(17)9(3)18-13/h4-5,7-9H,6H2,1-3H3,(H,15,17). The lowest BCUT2D eigenvalue weighted by atomic mass is 10.0. The van der Waals surface area contributed by atoms with Crippen molar-refractivity contribution in [2.75, 3.05) is 5.32 Å². The molecule has 0 aliphatic carbocycles. The Labute approximate surface area is 111 Å². The van der Waals surface area contributed by atoms with E-state index in [1.54, 1.807) is 6.07 Å². The second-order valence-corrected chi connectivity index (χ2v) is 6.36. The highest BCUT2D eigenvalue weighted by molar-refractivity contribution is 8.00. The van der Waals surface area contributed by atoms with E-state index in [2.05, 4.69) is 5.32 Å². The minimum Gasteiger partial charge on any atom is -0.324 e. The van der Waals surface area contributed by atoms with Gasteiger partial charge < -0.3 is 5.32 Å². The van der Waals surface area contributed by atoms with Crippen LogP contribution >= 0.6 is 11.8 Å². The summed E-state index contributed by atoms with van der Waals surface area (Å²) in [5, 5.41) is 2.77. The molecule has 1 aromatic rings. The van der Waals surface area contributed by atoms with Crippen molar-refractivity contribution < 1.29 is 9.59 Å². The quantitative estimate of drug-likeness (QED) is 0.851. The topological polar surface area (TPSA) is 46.2 Å². The molecule has 1 amide bonds. The number of ketones is 1. The maximum Gasteiger partial charge on any atom is 0.237 e. The lowest BCUT2D eigenvalue weighted by molar-refractivity contribution is -0.115. The molecule has 0 saturated heterocycles. The fourth-order valence-electron chi connectivity index (χ4n) is 1.87. The summed E-state index contributed by atoms with van der Waals surface area (Å²) >= 11 is 1.53. The first-order valence-corrected chi connectivity index (χ1v) is 7.00. The fourth-order valence-corrected chi connectivity index (χ4v) is 2.80. The summed E-state index contributed by atoms with van der Waals surface area (Å²) in [5.74, 6) is 0.476. The van der Waals surface area contributed by atoms with Crippen LogP contribution in [-0.4, -0.2) is 16.9 Å². The maximum atomic E-state index is 12.0. The van der Waals surface area contributed by atoms with Gasteiger partial charge in [-0.1, -0.05) is 19.9 Å². The summed E-state index contributed by atoms with van der Waals surface area (Å²) in [6.45, 7) is 5.92. The average molecular weight is 263 g/mol. The molecule has 1 aliphatic heterocycles. The van der Waals surface area contributed by atoms with Crippen LogP contribution in [0.2, 0.25) is 0 Å². The third-order valence-electron chi connectivity index (χ3n) is 2.83. The van der Waals surface area contributed by atoms with E-state index >= 15 is 0 Å². The molecule has 96 valence electrons. The van der Waals surface area contributed by atoms with E-state index in [1.807, 2.05) is 32.9 Å². The van der Waals surface area contributed by atoms with Gasteiger partial charge in [0.25, 0.3) is 0 Å². The van der Waals surface area contributed by atoms with Gasteiger partial charge in [-0.2, -0.15) is 0 Å². The van der Waals surface area contributed by atoms with Gasteiger partial charge in [-0.25, -0.2) is 0 Å². The number of anilines is 1. The molecule has 1 unspecified atom stereocenters. The number of fused-ring (bicyclic) bond motifs is 1. The van der Waals surface area contributed by atoms with Crippen LogP contribution in [0.1, 0.15) is 37.6 Å². The largest absolute Gasteiger partial charge is 0.324 e. The monoisotopic (exact) mass is 263 g/mol. The summed E-state index contributed by atoms with van der Waals surface area (Å²) in [4.78, 5) is 24.6. The molecule has 3 nitrogen and oxygen atoms in total. The molecule has 1 aliphatic rings. The number of thioether (sulfide) groups is 1. The number of amides is 1. The van der Waals surface area contributed by atoms with Crippen molar-refractivity contribution in [1.82, 2.24) is 0 Å². The third-order valence-corrected chi connectivity index (χ3v) is 4.00. The zero-order valence-electron chi connectivity index (χ0n) is 10.8. The first kappa shape index (κ1) is 13.1. The van der Waals surface area contributed by atoms with Crippen LogP contribution in [0.3, 0.4) is 0 Å². The van der Waals surface area contributed by atoms with Crippen molar-refractivity contribution in [3.8, 4) is 0 Å². The SMILES string of the molecule is CC(C)CC(=O)c1ccc2c(c1)NC(=O)C(C)S2. The van der Waals surface area contributed by atoms with Crippen LogP contribution in [0.25, 0.3) is 0 Å². The Morgan fingerprint density at radius 3 is 2.83 bits per heavy atom.